The quantitative estimate of drug-likeness (QED) is 0.641. The molecule has 6 nitrogen and oxygen atoms in total. The van der Waals surface area contributed by atoms with Crippen molar-refractivity contribution in [1.82, 2.24) is 4.90 Å². The molecule has 1 atom stereocenters. The number of ether oxygens (including phenoxy) is 1. The highest BCUT2D eigenvalue weighted by molar-refractivity contribution is 8.15. The highest BCUT2D eigenvalue weighted by Gasteiger charge is 2.39. The Morgan fingerprint density at radius 2 is 2.00 bits per heavy atom. The highest BCUT2D eigenvalue weighted by Crippen LogP contribution is 2.32. The number of carbonyl (C=O) groups is 2. The number of methoxy groups -OCH3 is 1. The summed E-state index contributed by atoms with van der Waals surface area (Å²) < 4.78 is 5.16. The van der Waals surface area contributed by atoms with Crippen molar-refractivity contribution in [1.29, 1.82) is 0 Å². The van der Waals surface area contributed by atoms with Crippen molar-refractivity contribution in [3.8, 4) is 0 Å². The number of hydrogen-bond donors (Lipinski definition) is 1. The highest BCUT2D eigenvalue weighted by atomic mass is 35.5. The molecule has 0 aliphatic carbocycles. The van der Waals surface area contributed by atoms with Gasteiger partial charge in [-0.3, -0.25) is 14.5 Å². The van der Waals surface area contributed by atoms with Crippen LogP contribution in [0.3, 0.4) is 0 Å². The number of aliphatic imine (C=N–C) groups is 1. The molecule has 164 valence electrons. The van der Waals surface area contributed by atoms with Gasteiger partial charge in [-0.05, 0) is 61.7 Å². The maximum atomic E-state index is 13.0. The fourth-order valence-corrected chi connectivity index (χ4v) is 4.49. The molecule has 0 spiro atoms. The van der Waals surface area contributed by atoms with Crippen molar-refractivity contribution in [3.05, 3.63) is 58.1 Å². The van der Waals surface area contributed by atoms with Crippen LogP contribution in [0.15, 0.2) is 41.4 Å². The molecule has 0 bridgehead atoms. The van der Waals surface area contributed by atoms with E-state index < -0.39 is 5.25 Å². The summed E-state index contributed by atoms with van der Waals surface area (Å²) in [6.45, 7) is 6.69. The van der Waals surface area contributed by atoms with E-state index in [9.17, 15) is 9.59 Å². The molecular formula is C23H26ClN3O3S. The minimum Gasteiger partial charge on any atom is -0.383 e. The molecule has 1 fully saturated rings. The van der Waals surface area contributed by atoms with Crippen LogP contribution in [0.4, 0.5) is 11.4 Å². The van der Waals surface area contributed by atoms with Crippen molar-refractivity contribution in [3.63, 3.8) is 0 Å². The average molecular weight is 460 g/mol. The number of aryl methyl sites for hydroxylation is 2. The first-order chi connectivity index (χ1) is 14.8. The van der Waals surface area contributed by atoms with Crippen LogP contribution in [0.25, 0.3) is 0 Å². The predicted octanol–water partition coefficient (Wildman–Crippen LogP) is 4.87. The van der Waals surface area contributed by atoms with Crippen LogP contribution in [0.2, 0.25) is 5.02 Å². The number of amidine groups is 1. The number of nitrogens with one attached hydrogen (secondary N) is 1. The van der Waals surface area contributed by atoms with Crippen LogP contribution in [-0.2, 0) is 14.3 Å². The van der Waals surface area contributed by atoms with Gasteiger partial charge in [-0.2, -0.15) is 0 Å². The molecule has 2 aromatic carbocycles. The van der Waals surface area contributed by atoms with E-state index in [-0.39, 0.29) is 18.2 Å². The smallest absolute Gasteiger partial charge is 0.242 e. The van der Waals surface area contributed by atoms with Gasteiger partial charge in [0.2, 0.25) is 11.8 Å². The number of halogens is 1. The lowest BCUT2D eigenvalue weighted by atomic mass is 10.1. The standard InChI is InChI=1S/C23H26ClN3O3S/c1-14-8-9-17(12-15(14)2)25-23-27(10-11-30-4)22(29)20(31-23)13-21(28)26-19-7-5-6-18(24)16(19)3/h5-9,12,20H,10-11,13H2,1-4H3,(H,26,28). The molecule has 0 saturated carbocycles. The Kier molecular flexibility index (Phi) is 7.75. The second kappa shape index (κ2) is 10.3. The van der Waals surface area contributed by atoms with Crippen LogP contribution in [0.1, 0.15) is 23.1 Å². The minimum atomic E-state index is -0.540. The largest absolute Gasteiger partial charge is 0.383 e. The summed E-state index contributed by atoms with van der Waals surface area (Å²) in [5.74, 6) is -0.377. The van der Waals surface area contributed by atoms with Crippen LogP contribution in [-0.4, -0.2) is 47.4 Å². The molecule has 31 heavy (non-hydrogen) atoms. The average Bonchev–Trinajstić information content (AvgIpc) is 3.01. The number of thioether (sulfide) groups is 1. The second-order valence-corrected chi connectivity index (χ2v) is 8.99. The summed E-state index contributed by atoms with van der Waals surface area (Å²) in [5, 5.41) is 3.49. The van der Waals surface area contributed by atoms with Gasteiger partial charge in [0.25, 0.3) is 0 Å². The SMILES string of the molecule is COCCN1C(=O)C(CC(=O)Nc2cccc(Cl)c2C)SC1=Nc1ccc(C)c(C)c1. The van der Waals surface area contributed by atoms with Gasteiger partial charge >= 0.3 is 0 Å². The maximum Gasteiger partial charge on any atom is 0.242 e. The number of nitrogens with zero attached hydrogens (tertiary/aromatic N) is 2. The zero-order valence-electron chi connectivity index (χ0n) is 18.1. The maximum absolute atomic E-state index is 13.0. The van der Waals surface area contributed by atoms with Crippen molar-refractivity contribution >= 4 is 51.7 Å². The summed E-state index contributed by atoms with van der Waals surface area (Å²) in [7, 11) is 1.59. The minimum absolute atomic E-state index is 0.0465. The molecule has 2 amide bonds. The topological polar surface area (TPSA) is 71.0 Å². The lowest BCUT2D eigenvalue weighted by molar-refractivity contribution is -0.128. The molecule has 1 N–H and O–H groups in total. The molecule has 0 aromatic heterocycles. The molecule has 1 unspecified atom stereocenters. The number of carbonyl (C=O) groups excluding carboxylic acids is 2. The van der Waals surface area contributed by atoms with Crippen molar-refractivity contribution in [2.45, 2.75) is 32.4 Å². The first-order valence-corrected chi connectivity index (χ1v) is 11.2. The van der Waals surface area contributed by atoms with Crippen molar-refractivity contribution in [2.75, 3.05) is 25.6 Å². The number of hydrogen-bond acceptors (Lipinski definition) is 5. The summed E-state index contributed by atoms with van der Waals surface area (Å²) in [5.41, 5.74) is 4.53. The summed E-state index contributed by atoms with van der Waals surface area (Å²) in [6, 6.07) is 11.3. The molecule has 3 rings (SSSR count). The zero-order valence-corrected chi connectivity index (χ0v) is 19.6. The molecule has 1 aliphatic rings. The van der Waals surface area contributed by atoms with E-state index in [1.54, 1.807) is 30.2 Å². The van der Waals surface area contributed by atoms with Crippen LogP contribution >= 0.6 is 23.4 Å². The van der Waals surface area contributed by atoms with Gasteiger partial charge in [0.15, 0.2) is 5.17 Å². The van der Waals surface area contributed by atoms with Gasteiger partial charge < -0.3 is 10.1 Å². The number of amides is 2. The van der Waals surface area contributed by atoms with Crippen molar-refractivity contribution < 1.29 is 14.3 Å². The second-order valence-electron chi connectivity index (χ2n) is 7.42. The Balaban J connectivity index is 1.77. The van der Waals surface area contributed by atoms with Gasteiger partial charge in [0.1, 0.15) is 5.25 Å². The van der Waals surface area contributed by atoms with Gasteiger partial charge in [-0.1, -0.05) is 35.5 Å². The van der Waals surface area contributed by atoms with E-state index >= 15 is 0 Å². The lowest BCUT2D eigenvalue weighted by Crippen LogP contribution is -2.35. The Morgan fingerprint density at radius 1 is 1.23 bits per heavy atom. The van der Waals surface area contributed by atoms with Crippen LogP contribution in [0.5, 0.6) is 0 Å². The Morgan fingerprint density at radius 3 is 2.71 bits per heavy atom. The first-order valence-electron chi connectivity index (χ1n) is 9.98. The van der Waals surface area contributed by atoms with Gasteiger partial charge in [0.05, 0.1) is 18.8 Å². The van der Waals surface area contributed by atoms with E-state index in [4.69, 9.17) is 21.3 Å². The third-order valence-corrected chi connectivity index (χ3v) is 6.75. The van der Waals surface area contributed by atoms with E-state index in [0.717, 1.165) is 16.8 Å². The molecule has 1 heterocycles. The van der Waals surface area contributed by atoms with Crippen LogP contribution < -0.4 is 5.32 Å². The van der Waals surface area contributed by atoms with E-state index in [2.05, 4.69) is 5.32 Å². The zero-order chi connectivity index (χ0) is 22.5. The summed E-state index contributed by atoms with van der Waals surface area (Å²) in [6.07, 6.45) is 0.0465. The summed E-state index contributed by atoms with van der Waals surface area (Å²) in [4.78, 5) is 31.9. The number of benzene rings is 2. The van der Waals surface area contributed by atoms with Gasteiger partial charge in [0, 0.05) is 24.2 Å². The molecule has 1 aliphatic heterocycles. The molecule has 0 radical (unpaired) electrons. The third-order valence-electron chi connectivity index (χ3n) is 5.17. The van der Waals surface area contributed by atoms with Crippen molar-refractivity contribution in [2.24, 2.45) is 4.99 Å². The molecule has 8 heteroatoms. The fraction of sp³-hybridized carbons (Fsp3) is 0.348. The Labute approximate surface area is 192 Å². The lowest BCUT2D eigenvalue weighted by Gasteiger charge is -2.16. The monoisotopic (exact) mass is 459 g/mol. The van der Waals surface area contributed by atoms with Gasteiger partial charge in [-0.15, -0.1) is 0 Å². The molecular weight excluding hydrogens is 434 g/mol. The first kappa shape index (κ1) is 23.3. The summed E-state index contributed by atoms with van der Waals surface area (Å²) >= 11 is 7.44. The van der Waals surface area contributed by atoms with E-state index in [1.807, 2.05) is 39.0 Å². The predicted molar refractivity (Wildman–Crippen MR) is 127 cm³/mol. The Bertz CT molecular complexity index is 1030. The Hall–Kier alpha value is -2.35. The van der Waals surface area contributed by atoms with Gasteiger partial charge in [-0.25, -0.2) is 4.99 Å². The molecule has 1 saturated heterocycles. The van der Waals surface area contributed by atoms with Crippen LogP contribution in [0, 0.1) is 20.8 Å². The fourth-order valence-electron chi connectivity index (χ4n) is 3.13. The van der Waals surface area contributed by atoms with E-state index in [1.165, 1.54) is 17.3 Å². The number of anilines is 1. The number of rotatable bonds is 7. The third kappa shape index (κ3) is 5.67. The molecule has 2 aromatic rings. The normalized spacial score (nSPS) is 17.5. The van der Waals surface area contributed by atoms with E-state index in [0.29, 0.717) is 29.0 Å².